The third kappa shape index (κ3) is 3.79. The zero-order valence-corrected chi connectivity index (χ0v) is 14.1. The first-order valence-corrected chi connectivity index (χ1v) is 8.12. The number of nitrogens with one attached hydrogen (secondary N) is 3. The van der Waals surface area contributed by atoms with Gasteiger partial charge in [-0.1, -0.05) is 0 Å². The molecule has 136 valence electrons. The molecule has 0 aliphatic heterocycles. The zero-order valence-electron chi connectivity index (χ0n) is 14.1. The van der Waals surface area contributed by atoms with E-state index in [4.69, 9.17) is 9.84 Å². The Hall–Kier alpha value is -3.43. The Labute approximate surface area is 147 Å². The fourth-order valence-electron chi connectivity index (χ4n) is 2.46. The van der Waals surface area contributed by atoms with Crippen molar-refractivity contribution in [3.63, 3.8) is 0 Å². The number of anilines is 1. The maximum Gasteiger partial charge on any atom is 0.303 e. The van der Waals surface area contributed by atoms with Crippen molar-refractivity contribution in [2.45, 2.75) is 19.8 Å². The number of rotatable bonds is 8. The first-order valence-electron chi connectivity index (χ1n) is 8.12. The van der Waals surface area contributed by atoms with Crippen LogP contribution in [0.15, 0.2) is 23.0 Å². The fraction of sp³-hybridized carbons (Fsp3) is 0.312. The molecule has 0 amide bonds. The van der Waals surface area contributed by atoms with Crippen LogP contribution in [0.25, 0.3) is 22.6 Å². The SMILES string of the molecule is CCOc1cc(NCCCC(=O)O)ccc1-c1nc2n[nH]nc2c(=O)[nH]1. The van der Waals surface area contributed by atoms with Crippen LogP contribution < -0.4 is 15.6 Å². The van der Waals surface area contributed by atoms with E-state index >= 15 is 0 Å². The molecule has 0 aliphatic carbocycles. The van der Waals surface area contributed by atoms with E-state index in [-0.39, 0.29) is 17.6 Å². The van der Waals surface area contributed by atoms with E-state index < -0.39 is 11.5 Å². The summed E-state index contributed by atoms with van der Waals surface area (Å²) in [5.41, 5.74) is 1.37. The second-order valence-corrected chi connectivity index (χ2v) is 5.48. The van der Waals surface area contributed by atoms with Crippen LogP contribution in [-0.2, 0) is 4.79 Å². The van der Waals surface area contributed by atoms with Gasteiger partial charge in [0.1, 0.15) is 11.6 Å². The highest BCUT2D eigenvalue weighted by Gasteiger charge is 2.14. The summed E-state index contributed by atoms with van der Waals surface area (Å²) in [5, 5.41) is 21.8. The predicted molar refractivity (Wildman–Crippen MR) is 94.3 cm³/mol. The highest BCUT2D eigenvalue weighted by atomic mass is 16.5. The van der Waals surface area contributed by atoms with E-state index in [1.165, 1.54) is 0 Å². The van der Waals surface area contributed by atoms with E-state index in [1.54, 1.807) is 12.1 Å². The van der Waals surface area contributed by atoms with Crippen LogP contribution in [0.4, 0.5) is 5.69 Å². The number of fused-ring (bicyclic) bond motifs is 1. The van der Waals surface area contributed by atoms with Gasteiger partial charge in [0.15, 0.2) is 5.52 Å². The molecular formula is C16H18N6O4. The molecule has 26 heavy (non-hydrogen) atoms. The smallest absolute Gasteiger partial charge is 0.303 e. The lowest BCUT2D eigenvalue weighted by molar-refractivity contribution is -0.137. The number of ether oxygens (including phenoxy) is 1. The fourth-order valence-corrected chi connectivity index (χ4v) is 2.46. The van der Waals surface area contributed by atoms with Gasteiger partial charge in [0.2, 0.25) is 5.65 Å². The van der Waals surface area contributed by atoms with Crippen molar-refractivity contribution in [3.8, 4) is 17.1 Å². The summed E-state index contributed by atoms with van der Waals surface area (Å²) in [4.78, 5) is 29.6. The van der Waals surface area contributed by atoms with E-state index in [9.17, 15) is 9.59 Å². The first kappa shape index (κ1) is 17.4. The maximum absolute atomic E-state index is 12.1. The van der Waals surface area contributed by atoms with Gasteiger partial charge in [0, 0.05) is 24.7 Å². The van der Waals surface area contributed by atoms with Gasteiger partial charge in [-0.25, -0.2) is 4.98 Å². The second kappa shape index (κ2) is 7.64. The Morgan fingerprint density at radius 1 is 1.35 bits per heavy atom. The molecule has 4 N–H and O–H groups in total. The van der Waals surface area contributed by atoms with Crippen molar-refractivity contribution < 1.29 is 14.6 Å². The van der Waals surface area contributed by atoms with E-state index in [0.29, 0.717) is 36.7 Å². The van der Waals surface area contributed by atoms with Gasteiger partial charge >= 0.3 is 5.97 Å². The van der Waals surface area contributed by atoms with Gasteiger partial charge in [0.25, 0.3) is 5.56 Å². The summed E-state index contributed by atoms with van der Waals surface area (Å²) in [6, 6.07) is 5.37. The molecule has 0 fully saturated rings. The van der Waals surface area contributed by atoms with Crippen LogP contribution in [0.1, 0.15) is 19.8 Å². The Morgan fingerprint density at radius 3 is 2.96 bits per heavy atom. The largest absolute Gasteiger partial charge is 0.493 e. The number of benzene rings is 1. The number of carboxylic acid groups (broad SMARTS) is 1. The van der Waals surface area contributed by atoms with Crippen molar-refractivity contribution >= 4 is 22.8 Å². The minimum Gasteiger partial charge on any atom is -0.493 e. The van der Waals surface area contributed by atoms with Gasteiger partial charge in [-0.2, -0.15) is 5.21 Å². The van der Waals surface area contributed by atoms with E-state index in [2.05, 4.69) is 30.7 Å². The molecule has 2 heterocycles. The van der Waals surface area contributed by atoms with Crippen LogP contribution in [0.5, 0.6) is 5.75 Å². The number of aliphatic carboxylic acids is 1. The summed E-state index contributed by atoms with van der Waals surface area (Å²) in [7, 11) is 0. The third-order valence-corrected chi connectivity index (χ3v) is 3.63. The lowest BCUT2D eigenvalue weighted by Crippen LogP contribution is -2.10. The molecule has 0 unspecified atom stereocenters. The number of aromatic amines is 2. The quantitative estimate of drug-likeness (QED) is 0.442. The van der Waals surface area contributed by atoms with Crippen molar-refractivity contribution in [2.24, 2.45) is 0 Å². The number of carbonyl (C=O) groups is 1. The van der Waals surface area contributed by atoms with Crippen molar-refractivity contribution in [1.82, 2.24) is 25.4 Å². The molecule has 3 aromatic rings. The highest BCUT2D eigenvalue weighted by molar-refractivity contribution is 5.74. The van der Waals surface area contributed by atoms with Crippen LogP contribution in [0.2, 0.25) is 0 Å². The lowest BCUT2D eigenvalue weighted by atomic mass is 10.1. The number of hydrogen-bond acceptors (Lipinski definition) is 7. The molecule has 2 aromatic heterocycles. The van der Waals surface area contributed by atoms with Gasteiger partial charge in [-0.05, 0) is 25.5 Å². The molecule has 10 nitrogen and oxygen atoms in total. The normalized spacial score (nSPS) is 10.8. The lowest BCUT2D eigenvalue weighted by Gasteiger charge is -2.13. The van der Waals surface area contributed by atoms with Crippen molar-refractivity contribution in [2.75, 3.05) is 18.5 Å². The molecule has 3 rings (SSSR count). The summed E-state index contributed by atoms with van der Waals surface area (Å²) in [6.07, 6.45) is 0.616. The highest BCUT2D eigenvalue weighted by Crippen LogP contribution is 2.30. The summed E-state index contributed by atoms with van der Waals surface area (Å²) >= 11 is 0. The second-order valence-electron chi connectivity index (χ2n) is 5.48. The standard InChI is InChI=1S/C16H18N6O4/c1-2-26-11-8-9(17-7-3-4-12(23)24)5-6-10(11)14-18-15-13(16(25)19-14)20-22-21-15/h5-6,8,17H,2-4,7H2,1H3,(H,23,24)(H2,18,19,20,21,22,25). The van der Waals surface area contributed by atoms with Crippen LogP contribution in [0.3, 0.4) is 0 Å². The average molecular weight is 358 g/mol. The first-order chi connectivity index (χ1) is 12.6. The minimum absolute atomic E-state index is 0.103. The molecule has 10 heteroatoms. The van der Waals surface area contributed by atoms with Crippen molar-refractivity contribution in [1.29, 1.82) is 0 Å². The van der Waals surface area contributed by atoms with Gasteiger partial charge in [-0.15, -0.1) is 10.2 Å². The topological polar surface area (TPSA) is 146 Å². The zero-order chi connectivity index (χ0) is 18.5. The Balaban J connectivity index is 1.88. The molecular weight excluding hydrogens is 340 g/mol. The summed E-state index contributed by atoms with van der Waals surface area (Å²) in [6.45, 7) is 2.82. The molecule has 0 saturated heterocycles. The molecule has 0 spiro atoms. The van der Waals surface area contributed by atoms with Gasteiger partial charge in [-0.3, -0.25) is 9.59 Å². The molecule has 1 aromatic carbocycles. The minimum atomic E-state index is -0.824. The van der Waals surface area contributed by atoms with Gasteiger partial charge in [0.05, 0.1) is 12.2 Å². The predicted octanol–water partition coefficient (Wildman–Crippen LogP) is 1.38. The number of carboxylic acids is 1. The molecule has 0 saturated carbocycles. The van der Waals surface area contributed by atoms with Crippen LogP contribution in [0, 0.1) is 0 Å². The monoisotopic (exact) mass is 358 g/mol. The Kier molecular flexibility index (Phi) is 5.11. The van der Waals surface area contributed by atoms with E-state index in [0.717, 1.165) is 5.69 Å². The molecule has 0 radical (unpaired) electrons. The number of hydrogen-bond donors (Lipinski definition) is 4. The molecule has 0 bridgehead atoms. The Bertz CT molecular complexity index is 980. The Morgan fingerprint density at radius 2 is 2.19 bits per heavy atom. The van der Waals surface area contributed by atoms with Crippen molar-refractivity contribution in [3.05, 3.63) is 28.6 Å². The molecule has 0 aliphatic rings. The summed E-state index contributed by atoms with van der Waals surface area (Å²) in [5.74, 6) is 0.0504. The number of nitrogens with zero attached hydrogens (tertiary/aromatic N) is 3. The van der Waals surface area contributed by atoms with Gasteiger partial charge < -0.3 is 20.1 Å². The number of aromatic nitrogens is 5. The van der Waals surface area contributed by atoms with Crippen LogP contribution >= 0.6 is 0 Å². The average Bonchev–Trinajstić information content (AvgIpc) is 3.08. The third-order valence-electron chi connectivity index (χ3n) is 3.63. The summed E-state index contributed by atoms with van der Waals surface area (Å²) < 4.78 is 5.67. The molecule has 0 atom stereocenters. The maximum atomic E-state index is 12.1. The van der Waals surface area contributed by atoms with E-state index in [1.807, 2.05) is 13.0 Å². The van der Waals surface area contributed by atoms with Crippen LogP contribution in [-0.4, -0.2) is 49.6 Å². The number of H-pyrrole nitrogens is 2.